The first-order valence-corrected chi connectivity index (χ1v) is 6.98. The van der Waals surface area contributed by atoms with Crippen molar-refractivity contribution >= 4 is 21.9 Å². The van der Waals surface area contributed by atoms with Gasteiger partial charge < -0.3 is 9.26 Å². The second-order valence-electron chi connectivity index (χ2n) is 4.72. The van der Waals surface area contributed by atoms with Crippen LogP contribution in [0.4, 0.5) is 0 Å². The fourth-order valence-electron chi connectivity index (χ4n) is 1.95. The van der Waals surface area contributed by atoms with Gasteiger partial charge in [0, 0.05) is 16.7 Å². The van der Waals surface area contributed by atoms with E-state index in [9.17, 15) is 4.79 Å². The lowest BCUT2D eigenvalue weighted by Gasteiger charge is -2.14. The smallest absolute Gasteiger partial charge is 0.316 e. The van der Waals surface area contributed by atoms with Gasteiger partial charge in [-0.2, -0.15) is 0 Å². The van der Waals surface area contributed by atoms with Crippen molar-refractivity contribution in [3.8, 4) is 11.4 Å². The van der Waals surface area contributed by atoms with Gasteiger partial charge in [-0.25, -0.2) is 0 Å². The molecule has 0 saturated carbocycles. The first kappa shape index (κ1) is 14.7. The first-order chi connectivity index (χ1) is 9.52. The number of carbonyl (C=O) groups is 1. The maximum absolute atomic E-state index is 11.8. The minimum absolute atomic E-state index is 0.0544. The molecular weight excluding hydrogens is 324 g/mol. The Hall–Kier alpha value is -1.69. The summed E-state index contributed by atoms with van der Waals surface area (Å²) in [5, 5.41) is 3.98. The summed E-state index contributed by atoms with van der Waals surface area (Å²) >= 11 is 3.38. The summed E-state index contributed by atoms with van der Waals surface area (Å²) in [4.78, 5) is 16.0. The van der Waals surface area contributed by atoms with Gasteiger partial charge in [0.15, 0.2) is 5.76 Å². The first-order valence-electron chi connectivity index (χ1n) is 6.19. The molecule has 0 N–H and O–H groups in total. The molecule has 20 heavy (non-hydrogen) atoms. The van der Waals surface area contributed by atoms with Gasteiger partial charge in [-0.1, -0.05) is 34.9 Å². The minimum atomic E-state index is -0.464. The molecule has 0 aliphatic carbocycles. The average molecular weight is 339 g/mol. The Bertz CT molecular complexity index is 610. The Morgan fingerprint density at radius 3 is 2.70 bits per heavy atom. The third-order valence-corrected chi connectivity index (χ3v) is 3.43. The minimum Gasteiger partial charge on any atom is -0.468 e. The third kappa shape index (κ3) is 3.07. The van der Waals surface area contributed by atoms with Gasteiger partial charge in [0.2, 0.25) is 0 Å². The molecule has 2 rings (SSSR count). The molecule has 0 aromatic carbocycles. The highest BCUT2D eigenvalue weighted by Crippen LogP contribution is 2.29. The van der Waals surface area contributed by atoms with E-state index in [4.69, 9.17) is 9.26 Å². The van der Waals surface area contributed by atoms with Gasteiger partial charge in [-0.05, 0) is 18.1 Å². The fraction of sp³-hybridized carbons (Fsp3) is 0.357. The van der Waals surface area contributed by atoms with Crippen LogP contribution >= 0.6 is 15.9 Å². The molecule has 2 aromatic rings. The highest BCUT2D eigenvalue weighted by molar-refractivity contribution is 9.10. The van der Waals surface area contributed by atoms with E-state index in [0.29, 0.717) is 17.1 Å². The van der Waals surface area contributed by atoms with E-state index >= 15 is 0 Å². The Morgan fingerprint density at radius 1 is 1.35 bits per heavy atom. The second-order valence-corrected chi connectivity index (χ2v) is 5.63. The number of hydrogen-bond acceptors (Lipinski definition) is 5. The van der Waals surface area contributed by atoms with Crippen molar-refractivity contribution in [1.82, 2.24) is 10.1 Å². The van der Waals surface area contributed by atoms with E-state index in [-0.39, 0.29) is 11.9 Å². The zero-order chi connectivity index (χ0) is 14.7. The fourth-order valence-corrected chi connectivity index (χ4v) is 2.28. The van der Waals surface area contributed by atoms with Gasteiger partial charge in [0.1, 0.15) is 11.6 Å². The molecule has 0 fully saturated rings. The number of methoxy groups -OCH3 is 1. The summed E-state index contributed by atoms with van der Waals surface area (Å²) in [6.07, 6.45) is 1.67. The van der Waals surface area contributed by atoms with Gasteiger partial charge in [-0.3, -0.25) is 9.78 Å². The normalized spacial score (nSPS) is 12.4. The van der Waals surface area contributed by atoms with Crippen LogP contribution in [0, 0.1) is 5.92 Å². The lowest BCUT2D eigenvalue weighted by Crippen LogP contribution is -2.19. The van der Waals surface area contributed by atoms with E-state index in [1.165, 1.54) is 7.11 Å². The van der Waals surface area contributed by atoms with Crippen LogP contribution in [-0.4, -0.2) is 23.2 Å². The molecular formula is C14H15BrN2O3. The molecule has 1 unspecified atom stereocenters. The number of aromatic nitrogens is 2. The predicted octanol–water partition coefficient (Wildman–Crippen LogP) is 3.41. The van der Waals surface area contributed by atoms with Crippen LogP contribution in [0.25, 0.3) is 11.4 Å². The van der Waals surface area contributed by atoms with Crippen molar-refractivity contribution in [3.05, 3.63) is 34.6 Å². The van der Waals surface area contributed by atoms with Crippen LogP contribution in [0.3, 0.4) is 0 Å². The molecule has 106 valence electrons. The maximum atomic E-state index is 11.8. The quantitative estimate of drug-likeness (QED) is 0.799. The number of esters is 1. The van der Waals surface area contributed by atoms with Crippen LogP contribution in [0.1, 0.15) is 25.5 Å². The molecule has 0 aliphatic rings. The van der Waals surface area contributed by atoms with Crippen molar-refractivity contribution in [2.24, 2.45) is 5.92 Å². The second kappa shape index (κ2) is 6.17. The Kier molecular flexibility index (Phi) is 4.54. The number of ether oxygens (including phenoxy) is 1. The number of carbonyl (C=O) groups excluding carboxylic acids is 1. The van der Waals surface area contributed by atoms with Gasteiger partial charge in [0.25, 0.3) is 0 Å². The monoisotopic (exact) mass is 338 g/mol. The predicted molar refractivity (Wildman–Crippen MR) is 77.0 cm³/mol. The maximum Gasteiger partial charge on any atom is 0.316 e. The summed E-state index contributed by atoms with van der Waals surface area (Å²) in [5.74, 6) is -0.249. The summed E-state index contributed by atoms with van der Waals surface area (Å²) in [5.41, 5.74) is 1.28. The molecule has 0 amide bonds. The lowest BCUT2D eigenvalue weighted by molar-refractivity contribution is -0.144. The van der Waals surface area contributed by atoms with E-state index < -0.39 is 5.92 Å². The van der Waals surface area contributed by atoms with Gasteiger partial charge in [0.05, 0.1) is 12.8 Å². The summed E-state index contributed by atoms with van der Waals surface area (Å²) < 4.78 is 11.0. The summed E-state index contributed by atoms with van der Waals surface area (Å²) in [6, 6.07) is 5.40. The molecule has 6 heteroatoms. The van der Waals surface area contributed by atoms with E-state index in [1.54, 1.807) is 12.3 Å². The highest BCUT2D eigenvalue weighted by Gasteiger charge is 2.29. The van der Waals surface area contributed by atoms with Crippen LogP contribution < -0.4 is 0 Å². The van der Waals surface area contributed by atoms with E-state index in [2.05, 4.69) is 26.1 Å². The number of halogens is 1. The lowest BCUT2D eigenvalue weighted by atomic mass is 9.93. The summed E-state index contributed by atoms with van der Waals surface area (Å²) in [6.45, 7) is 3.86. The van der Waals surface area contributed by atoms with Crippen LogP contribution in [0.15, 0.2) is 33.4 Å². The molecule has 0 bridgehead atoms. The standard InChI is InChI=1S/C14H15BrN2O3/c1-8(2)13(14(18)19-3)12-7-11(17-20-12)10-6-9(15)4-5-16-10/h4-8,13H,1-3H3. The van der Waals surface area contributed by atoms with Gasteiger partial charge in [-0.15, -0.1) is 0 Å². The Morgan fingerprint density at radius 2 is 2.10 bits per heavy atom. The van der Waals surface area contributed by atoms with Crippen LogP contribution in [0.2, 0.25) is 0 Å². The highest BCUT2D eigenvalue weighted by atomic mass is 79.9. The third-order valence-electron chi connectivity index (χ3n) is 2.94. The largest absolute Gasteiger partial charge is 0.468 e. The zero-order valence-corrected chi connectivity index (χ0v) is 13.0. The van der Waals surface area contributed by atoms with Crippen LogP contribution in [-0.2, 0) is 9.53 Å². The summed E-state index contributed by atoms with van der Waals surface area (Å²) in [7, 11) is 1.37. The molecule has 5 nitrogen and oxygen atoms in total. The average Bonchev–Trinajstić information content (AvgIpc) is 2.87. The molecule has 2 aromatic heterocycles. The topological polar surface area (TPSA) is 65.2 Å². The van der Waals surface area contributed by atoms with Crippen molar-refractivity contribution < 1.29 is 14.1 Å². The van der Waals surface area contributed by atoms with Crippen LogP contribution in [0.5, 0.6) is 0 Å². The van der Waals surface area contributed by atoms with E-state index in [0.717, 1.165) is 4.47 Å². The van der Waals surface area contributed by atoms with E-state index in [1.807, 2.05) is 26.0 Å². The molecule has 2 heterocycles. The number of rotatable bonds is 4. The zero-order valence-electron chi connectivity index (χ0n) is 11.5. The Balaban J connectivity index is 2.34. The Labute approximate surface area is 125 Å². The van der Waals surface area contributed by atoms with Crippen molar-refractivity contribution in [2.75, 3.05) is 7.11 Å². The number of hydrogen-bond donors (Lipinski definition) is 0. The number of nitrogens with zero attached hydrogens (tertiary/aromatic N) is 2. The molecule has 1 atom stereocenters. The molecule has 0 aliphatic heterocycles. The molecule has 0 spiro atoms. The SMILES string of the molecule is COC(=O)C(c1cc(-c2cc(Br)ccn2)no1)C(C)C. The van der Waals surface area contributed by atoms with Crippen molar-refractivity contribution in [1.29, 1.82) is 0 Å². The molecule has 0 saturated heterocycles. The number of pyridine rings is 1. The van der Waals surface area contributed by atoms with Crippen molar-refractivity contribution in [3.63, 3.8) is 0 Å². The van der Waals surface area contributed by atoms with Gasteiger partial charge >= 0.3 is 5.97 Å². The van der Waals surface area contributed by atoms with Crippen molar-refractivity contribution in [2.45, 2.75) is 19.8 Å². The molecule has 0 radical (unpaired) electrons.